The summed E-state index contributed by atoms with van der Waals surface area (Å²) in [5.74, 6) is 3.71. The number of fused-ring (bicyclic) bond motifs is 30. The summed E-state index contributed by atoms with van der Waals surface area (Å²) in [6.07, 6.45) is 10.0. The summed E-state index contributed by atoms with van der Waals surface area (Å²) in [5, 5.41) is 0. The lowest BCUT2D eigenvalue weighted by molar-refractivity contribution is -0.177. The van der Waals surface area contributed by atoms with E-state index >= 15 is 0 Å². The first kappa shape index (κ1) is 91.2. The Hall–Kier alpha value is -6.48. The van der Waals surface area contributed by atoms with Crippen LogP contribution >= 0.6 is 0 Å². The fourth-order valence-corrected chi connectivity index (χ4v) is 24.9. The number of methoxy groups -OCH3 is 2. The number of esters is 12. The molecule has 6 saturated heterocycles. The fourth-order valence-electron chi connectivity index (χ4n) is 24.9. The fraction of sp³-hybridized carbons (Fsp3) is 0.871. The number of rotatable bonds is 22. The Balaban J connectivity index is 0.000000125. The molecule has 18 aliphatic rings. The van der Waals surface area contributed by atoms with E-state index in [1.807, 2.05) is 111 Å². The monoisotopic (exact) mass is 1690 g/mol. The predicted molar refractivity (Wildman–Crippen MR) is 427 cm³/mol. The van der Waals surface area contributed by atoms with E-state index in [0.717, 1.165) is 83.5 Å². The zero-order chi connectivity index (χ0) is 87.1. The highest BCUT2D eigenvalue weighted by atomic mass is 16.6. The summed E-state index contributed by atoms with van der Waals surface area (Å²) < 4.78 is 82.8. The van der Waals surface area contributed by atoms with Gasteiger partial charge in [-0.15, -0.1) is 0 Å². The minimum atomic E-state index is -0.486. The topological polar surface area (TPSA) is 343 Å². The van der Waals surface area contributed by atoms with Crippen LogP contribution in [0, 0.1) is 188 Å². The third-order valence-electron chi connectivity index (χ3n) is 33.8. The molecule has 38 atom stereocenters. The van der Waals surface area contributed by atoms with Crippen molar-refractivity contribution in [3.05, 3.63) is 0 Å². The molecule has 120 heavy (non-hydrogen) atoms. The van der Waals surface area contributed by atoms with Gasteiger partial charge in [-0.2, -0.15) is 0 Å². The van der Waals surface area contributed by atoms with Crippen molar-refractivity contribution in [3.8, 4) is 0 Å². The standard InChI is InChI=1S/C17H26O5.C16H24O5.C16H24O4.C15H22O5.C15H22O4.C14H20O4/c1-5-17(3,4)16(19)22-14-9-7-10(13(14)20-6-2)12-11(9)8-21-15(12)18;1-5-16(2,3)15(18)21-13-8-6-9(12(13)19-4)11-10(8)7-20-14(11)17;1-5-16(3,4)15(18)20-13-8(2)9-6-10(13)11-7-19-14(17)12(9)11;1-4-7(2)14(16)20-13-8-5-9(12(13)18-3)11-10(8)6-19-15(11)17;1-4-7(2)14(16)19-13-8(3)9-5-10(13)11-6-18-15(17)12(9)11;1-3-7(2)13(15)18-11-5-8-4-9(11)10-6-17-14(16)12(8)10/h9-14H,5-8H2,1-4H3;8-13H,5-7H2,1-4H3;8-13H,5-7H2,1-4H3;7-13H,4-6H2,1-3H3;7-13H,4-6H2,1-3H3;7-12H,3-6H2,1-2H3. The highest BCUT2D eigenvalue weighted by molar-refractivity contribution is 5.82. The van der Waals surface area contributed by atoms with Crippen molar-refractivity contribution in [2.45, 2.75) is 263 Å². The first-order valence-electron chi connectivity index (χ1n) is 45.8. The molecule has 672 valence electrons. The molecule has 38 unspecified atom stereocenters. The molecule has 0 aromatic heterocycles. The number of hydrogen-bond acceptors (Lipinski definition) is 27. The molecule has 0 amide bonds. The molecule has 12 aliphatic carbocycles. The Morgan fingerprint density at radius 2 is 0.583 bits per heavy atom. The lowest BCUT2D eigenvalue weighted by atomic mass is 9.74. The molecule has 12 saturated carbocycles. The van der Waals surface area contributed by atoms with Gasteiger partial charge in [0.15, 0.2) is 0 Å². The van der Waals surface area contributed by atoms with Crippen molar-refractivity contribution in [2.24, 2.45) is 188 Å². The van der Waals surface area contributed by atoms with E-state index in [1.165, 1.54) is 0 Å². The van der Waals surface area contributed by atoms with Gasteiger partial charge in [-0.05, 0) is 162 Å². The third kappa shape index (κ3) is 16.5. The van der Waals surface area contributed by atoms with Gasteiger partial charge in [0.2, 0.25) is 0 Å². The van der Waals surface area contributed by atoms with Crippen LogP contribution in [0.1, 0.15) is 208 Å². The average Bonchev–Trinajstić information content (AvgIpc) is 1.60. The Labute approximate surface area is 708 Å². The molecular weight excluding hydrogens is 1550 g/mol. The SMILES string of the molecule is CCC(C)(C)C(=O)OC1C(C)C2CC1C1COC(=O)C21.CCC(C)(C)C(=O)OC1C2CC(C1OC)C1C(=O)OCC21.CCC(C)C(=O)OC1C(C)C2CC1C1COC(=O)C21.CCC(C)C(=O)OC1C2CC(C1OC)C1C(=O)OCC21.CCC(C)C(=O)OC1CC2CC1C1COC(=O)C21.CCOC1C2CC(C3COC(=O)C32)C1OC(=O)C(C)(C)CC. The lowest BCUT2D eigenvalue weighted by Crippen LogP contribution is -2.47. The van der Waals surface area contributed by atoms with E-state index in [9.17, 15) is 57.5 Å². The average molecular weight is 1690 g/mol. The van der Waals surface area contributed by atoms with Crippen LogP contribution in [0.2, 0.25) is 0 Å². The summed E-state index contributed by atoms with van der Waals surface area (Å²) in [5.41, 5.74) is -1.40. The van der Waals surface area contributed by atoms with E-state index in [1.54, 1.807) is 14.2 Å². The van der Waals surface area contributed by atoms with Crippen molar-refractivity contribution < 1.29 is 129 Å². The maximum absolute atomic E-state index is 12.5. The number of ether oxygens (including phenoxy) is 15. The van der Waals surface area contributed by atoms with Crippen LogP contribution in [0.5, 0.6) is 0 Å². The van der Waals surface area contributed by atoms with Crippen LogP contribution in [0.3, 0.4) is 0 Å². The van der Waals surface area contributed by atoms with Gasteiger partial charge in [-0.3, -0.25) is 57.5 Å². The van der Waals surface area contributed by atoms with Crippen LogP contribution in [0.15, 0.2) is 0 Å². The van der Waals surface area contributed by atoms with E-state index in [2.05, 4.69) is 13.8 Å². The zero-order valence-electron chi connectivity index (χ0n) is 74.6. The van der Waals surface area contributed by atoms with Crippen molar-refractivity contribution in [1.82, 2.24) is 0 Å². The maximum atomic E-state index is 12.5. The molecular formula is C93H138O27. The number of hydrogen-bond donors (Lipinski definition) is 0. The van der Waals surface area contributed by atoms with E-state index in [0.29, 0.717) is 87.7 Å². The molecule has 0 radical (unpaired) electrons. The van der Waals surface area contributed by atoms with Gasteiger partial charge in [-0.25, -0.2) is 0 Å². The molecule has 18 rings (SSSR count). The summed E-state index contributed by atoms with van der Waals surface area (Å²) in [7, 11) is 3.26. The van der Waals surface area contributed by atoms with Crippen molar-refractivity contribution in [3.63, 3.8) is 0 Å². The van der Waals surface area contributed by atoms with Gasteiger partial charge < -0.3 is 71.1 Å². The number of carbonyl (C=O) groups excluding carboxylic acids is 12. The Bertz CT molecular complexity index is 3810. The molecule has 27 nitrogen and oxygen atoms in total. The number of cyclic esters (lactones) is 6. The van der Waals surface area contributed by atoms with Crippen LogP contribution in [-0.4, -0.2) is 187 Å². The van der Waals surface area contributed by atoms with Gasteiger partial charge >= 0.3 is 71.6 Å². The Morgan fingerprint density at radius 1 is 0.317 bits per heavy atom. The van der Waals surface area contributed by atoms with Crippen molar-refractivity contribution >= 4 is 71.6 Å². The largest absolute Gasteiger partial charge is 0.465 e. The van der Waals surface area contributed by atoms with E-state index in [4.69, 9.17) is 71.1 Å². The summed E-state index contributed by atoms with van der Waals surface area (Å²) >= 11 is 0. The summed E-state index contributed by atoms with van der Waals surface area (Å²) in [6.45, 7) is 38.8. The smallest absolute Gasteiger partial charge is 0.311 e. The van der Waals surface area contributed by atoms with Crippen molar-refractivity contribution in [1.29, 1.82) is 0 Å². The second-order valence-electron chi connectivity index (χ2n) is 40.7. The van der Waals surface area contributed by atoms with Gasteiger partial charge in [0, 0.05) is 110 Å². The molecule has 0 aromatic rings. The molecule has 6 heterocycles. The zero-order valence-corrected chi connectivity index (χ0v) is 74.6. The van der Waals surface area contributed by atoms with Gasteiger partial charge in [-0.1, -0.05) is 76.2 Å². The quantitative estimate of drug-likeness (QED) is 0.0717. The molecule has 0 spiro atoms. The maximum Gasteiger partial charge on any atom is 0.311 e. The predicted octanol–water partition coefficient (Wildman–Crippen LogP) is 11.6. The normalized spacial score (nSPS) is 42.2. The lowest BCUT2D eigenvalue weighted by Gasteiger charge is -2.36. The Kier molecular flexibility index (Phi) is 27.5. The third-order valence-corrected chi connectivity index (χ3v) is 33.8. The highest BCUT2D eigenvalue weighted by Crippen LogP contribution is 2.64. The first-order valence-corrected chi connectivity index (χ1v) is 45.8. The molecule has 27 heteroatoms. The molecule has 0 N–H and O–H groups in total. The minimum Gasteiger partial charge on any atom is -0.465 e. The summed E-state index contributed by atoms with van der Waals surface area (Å²) in [4.78, 5) is 144. The molecule has 12 bridgehead atoms. The van der Waals surface area contributed by atoms with Crippen LogP contribution in [0.25, 0.3) is 0 Å². The molecule has 0 aromatic carbocycles. The van der Waals surface area contributed by atoms with Crippen LogP contribution < -0.4 is 0 Å². The molecule has 6 aliphatic heterocycles. The second kappa shape index (κ2) is 36.2. The second-order valence-corrected chi connectivity index (χ2v) is 40.7. The number of carbonyl (C=O) groups is 12. The van der Waals surface area contributed by atoms with Crippen LogP contribution in [0.4, 0.5) is 0 Å². The Morgan fingerprint density at radius 3 is 0.917 bits per heavy atom. The molecule has 18 fully saturated rings. The van der Waals surface area contributed by atoms with Gasteiger partial charge in [0.1, 0.15) is 36.6 Å². The van der Waals surface area contributed by atoms with Crippen molar-refractivity contribution in [2.75, 3.05) is 60.5 Å². The van der Waals surface area contributed by atoms with Gasteiger partial charge in [0.25, 0.3) is 0 Å². The summed E-state index contributed by atoms with van der Waals surface area (Å²) in [6, 6.07) is 0. The van der Waals surface area contributed by atoms with Gasteiger partial charge in [0.05, 0.1) is 127 Å². The minimum absolute atomic E-state index is 0.0118. The van der Waals surface area contributed by atoms with E-state index < -0.39 is 16.2 Å². The first-order chi connectivity index (χ1) is 56.9. The van der Waals surface area contributed by atoms with Crippen LogP contribution in [-0.2, 0) is 129 Å². The van der Waals surface area contributed by atoms with E-state index in [-0.39, 0.29) is 257 Å². The highest BCUT2D eigenvalue weighted by Gasteiger charge is 2.70.